The van der Waals surface area contributed by atoms with Crippen molar-refractivity contribution < 1.29 is 34.5 Å². The van der Waals surface area contributed by atoms with Gasteiger partial charge in [-0.05, 0) is 45.1 Å². The van der Waals surface area contributed by atoms with Crippen LogP contribution in [0.2, 0.25) is 0 Å². The molecule has 1 aromatic rings. The zero-order valence-electron chi connectivity index (χ0n) is 21.5. The van der Waals surface area contributed by atoms with E-state index in [0.717, 1.165) is 12.8 Å². The van der Waals surface area contributed by atoms with Crippen LogP contribution in [0.1, 0.15) is 57.9 Å². The van der Waals surface area contributed by atoms with Gasteiger partial charge in [-0.3, -0.25) is 19.2 Å². The molecule has 7 N–H and O–H groups in total. The van der Waals surface area contributed by atoms with Crippen molar-refractivity contribution in [1.29, 1.82) is 0 Å². The van der Waals surface area contributed by atoms with Crippen molar-refractivity contribution in [2.24, 2.45) is 0 Å². The molecule has 1 saturated heterocycles. The molecule has 1 aliphatic rings. The molecule has 0 unspecified atom stereocenters. The lowest BCUT2D eigenvalue weighted by Gasteiger charge is -2.28. The topological polar surface area (TPSA) is 177 Å². The van der Waals surface area contributed by atoms with Crippen molar-refractivity contribution in [1.82, 2.24) is 21.3 Å². The zero-order valence-corrected chi connectivity index (χ0v) is 21.5. The Balaban J connectivity index is 1.96. The van der Waals surface area contributed by atoms with Crippen LogP contribution in [0, 0.1) is 0 Å². The highest BCUT2D eigenvalue weighted by atomic mass is 16.3. The Morgan fingerprint density at radius 2 is 1.84 bits per heavy atom. The molecule has 1 aromatic carbocycles. The van der Waals surface area contributed by atoms with Gasteiger partial charge in [-0.25, -0.2) is 0 Å². The summed E-state index contributed by atoms with van der Waals surface area (Å²) in [6, 6.07) is 6.60. The number of hydrogen-bond acceptors (Lipinski definition) is 7. The Morgan fingerprint density at radius 3 is 2.51 bits per heavy atom. The predicted octanol–water partition coefficient (Wildman–Crippen LogP) is -0.724. The molecule has 0 spiro atoms. The van der Waals surface area contributed by atoms with E-state index >= 15 is 0 Å². The van der Waals surface area contributed by atoms with Crippen molar-refractivity contribution in [2.75, 3.05) is 6.54 Å². The summed E-state index contributed by atoms with van der Waals surface area (Å²) < 4.78 is 0. The number of aryl methyl sites for hydroxylation is 1. The van der Waals surface area contributed by atoms with Gasteiger partial charge < -0.3 is 36.6 Å². The first-order valence-corrected chi connectivity index (χ1v) is 12.8. The van der Waals surface area contributed by atoms with E-state index < -0.39 is 60.1 Å². The minimum atomic E-state index is -1.30. The smallest absolute Gasteiger partial charge is 0.245 e. The summed E-state index contributed by atoms with van der Waals surface area (Å²) in [6.45, 7) is 3.02. The first-order valence-electron chi connectivity index (χ1n) is 12.8. The number of carbonyl (C=O) groups is 4. The number of amides is 4. The average molecular weight is 521 g/mol. The summed E-state index contributed by atoms with van der Waals surface area (Å²) >= 11 is 0. The van der Waals surface area contributed by atoms with Gasteiger partial charge in [0.15, 0.2) is 0 Å². The number of unbranched alkanes of at least 4 members (excludes halogenated alkanes) is 1. The fraction of sp³-hybridized carbons (Fsp3) is 0.615. The molecule has 2 rings (SSSR count). The number of hydrogen-bond donors (Lipinski definition) is 7. The van der Waals surface area contributed by atoms with Crippen LogP contribution >= 0.6 is 0 Å². The molecule has 206 valence electrons. The van der Waals surface area contributed by atoms with Crippen molar-refractivity contribution in [3.63, 3.8) is 0 Å². The van der Waals surface area contributed by atoms with Gasteiger partial charge in [-0.2, -0.15) is 0 Å². The van der Waals surface area contributed by atoms with Gasteiger partial charge in [0.2, 0.25) is 23.6 Å². The van der Waals surface area contributed by atoms with Crippen LogP contribution in [-0.4, -0.2) is 81.9 Å². The summed E-state index contributed by atoms with van der Waals surface area (Å²) in [5.41, 5.74) is 1.17. The zero-order chi connectivity index (χ0) is 27.4. The summed E-state index contributed by atoms with van der Waals surface area (Å²) in [7, 11) is 0. The first kappa shape index (κ1) is 30.2. The molecule has 6 atom stereocenters. The maximum absolute atomic E-state index is 13.0. The normalized spacial score (nSPS) is 24.9. The molecular formula is C26H40N4O7. The molecule has 0 aromatic heterocycles. The van der Waals surface area contributed by atoms with Crippen LogP contribution in [0.5, 0.6) is 0 Å². The Labute approximate surface area is 217 Å². The monoisotopic (exact) mass is 520 g/mol. The molecule has 1 fully saturated rings. The van der Waals surface area contributed by atoms with Crippen LogP contribution in [0.25, 0.3) is 0 Å². The fourth-order valence-electron chi connectivity index (χ4n) is 4.03. The van der Waals surface area contributed by atoms with Gasteiger partial charge in [0.1, 0.15) is 12.1 Å². The summed E-state index contributed by atoms with van der Waals surface area (Å²) in [6.07, 6.45) is -1.25. The van der Waals surface area contributed by atoms with Gasteiger partial charge in [-0.1, -0.05) is 30.3 Å². The molecule has 11 nitrogen and oxygen atoms in total. The highest BCUT2D eigenvalue weighted by molar-refractivity contribution is 5.92. The minimum absolute atomic E-state index is 0.136. The van der Waals surface area contributed by atoms with E-state index in [2.05, 4.69) is 21.3 Å². The Kier molecular flexibility index (Phi) is 12.5. The van der Waals surface area contributed by atoms with E-state index in [-0.39, 0.29) is 32.2 Å². The van der Waals surface area contributed by atoms with Gasteiger partial charge in [0.25, 0.3) is 0 Å². The molecule has 37 heavy (non-hydrogen) atoms. The molecule has 4 amide bonds. The van der Waals surface area contributed by atoms with Crippen LogP contribution < -0.4 is 21.3 Å². The predicted molar refractivity (Wildman–Crippen MR) is 136 cm³/mol. The molecular weight excluding hydrogens is 480 g/mol. The molecule has 11 heteroatoms. The highest BCUT2D eigenvalue weighted by Gasteiger charge is 2.32. The SMILES string of the molecule is C[C@@H]1NC(=O)[C@@H](NC(=O)[C@@H](NC(=O)CCCCc2ccccc2)[C@@H](C)O)C[C@@H](O)CCNC(=O)C[C@H]1O. The number of benzene rings is 1. The molecule has 0 bridgehead atoms. The van der Waals surface area contributed by atoms with Crippen molar-refractivity contribution in [2.45, 2.75) is 95.2 Å². The van der Waals surface area contributed by atoms with E-state index in [9.17, 15) is 34.5 Å². The molecule has 1 heterocycles. The second kappa shape index (κ2) is 15.3. The Hall–Kier alpha value is -3.02. The van der Waals surface area contributed by atoms with Crippen molar-refractivity contribution in [3.8, 4) is 0 Å². The summed E-state index contributed by atoms with van der Waals surface area (Å²) in [5, 5.41) is 40.9. The molecule has 1 aliphatic heterocycles. The first-order chi connectivity index (χ1) is 17.6. The maximum atomic E-state index is 13.0. The van der Waals surface area contributed by atoms with Gasteiger partial charge >= 0.3 is 0 Å². The van der Waals surface area contributed by atoms with E-state index in [4.69, 9.17) is 0 Å². The van der Waals surface area contributed by atoms with E-state index in [1.165, 1.54) is 19.4 Å². The van der Waals surface area contributed by atoms with E-state index in [0.29, 0.717) is 6.42 Å². The Bertz CT molecular complexity index is 896. The average Bonchev–Trinajstić information content (AvgIpc) is 2.84. The number of aliphatic hydroxyl groups excluding tert-OH is 3. The number of rotatable bonds is 9. The third-order valence-electron chi connectivity index (χ3n) is 6.33. The lowest BCUT2D eigenvalue weighted by atomic mass is 10.0. The van der Waals surface area contributed by atoms with Crippen LogP contribution in [0.4, 0.5) is 0 Å². The summed E-state index contributed by atoms with van der Waals surface area (Å²) in [5.74, 6) is -2.23. The third kappa shape index (κ3) is 10.9. The molecule has 0 saturated carbocycles. The molecule has 0 aliphatic carbocycles. The number of aliphatic hydroxyl groups is 3. The largest absolute Gasteiger partial charge is 0.393 e. The molecule has 0 radical (unpaired) electrons. The Morgan fingerprint density at radius 1 is 1.14 bits per heavy atom. The second-order valence-corrected chi connectivity index (χ2v) is 9.64. The van der Waals surface area contributed by atoms with Crippen LogP contribution in [0.15, 0.2) is 30.3 Å². The van der Waals surface area contributed by atoms with E-state index in [1.54, 1.807) is 0 Å². The second-order valence-electron chi connectivity index (χ2n) is 9.64. The standard InChI is InChI=1S/C26H40N4O7/c1-16-21(33)15-23(35)27-13-12-19(32)14-20(25(36)28-16)29-26(37)24(17(2)31)30-22(34)11-7-6-10-18-8-4-3-5-9-18/h3-5,8-9,16-17,19-21,24,31-33H,6-7,10-15H2,1-2H3,(H,27,35)(H,28,36)(H,29,37)(H,30,34)/t16-,17+,19-,20-,21+,24-/m0/s1. The maximum Gasteiger partial charge on any atom is 0.245 e. The lowest BCUT2D eigenvalue weighted by Crippen LogP contribution is -2.59. The third-order valence-corrected chi connectivity index (χ3v) is 6.33. The van der Waals surface area contributed by atoms with Gasteiger partial charge in [-0.15, -0.1) is 0 Å². The minimum Gasteiger partial charge on any atom is -0.393 e. The fourth-order valence-corrected chi connectivity index (χ4v) is 4.03. The quantitative estimate of drug-likeness (QED) is 0.210. The van der Waals surface area contributed by atoms with Gasteiger partial charge in [0.05, 0.1) is 30.8 Å². The number of nitrogens with one attached hydrogen (secondary N) is 4. The van der Waals surface area contributed by atoms with Crippen molar-refractivity contribution in [3.05, 3.63) is 35.9 Å². The van der Waals surface area contributed by atoms with Crippen LogP contribution in [0.3, 0.4) is 0 Å². The van der Waals surface area contributed by atoms with Crippen LogP contribution in [-0.2, 0) is 25.6 Å². The lowest BCUT2D eigenvalue weighted by molar-refractivity contribution is -0.135. The van der Waals surface area contributed by atoms with Crippen molar-refractivity contribution >= 4 is 23.6 Å². The highest BCUT2D eigenvalue weighted by Crippen LogP contribution is 2.09. The summed E-state index contributed by atoms with van der Waals surface area (Å²) in [4.78, 5) is 50.1. The van der Waals surface area contributed by atoms with Gasteiger partial charge in [0, 0.05) is 19.4 Å². The number of carbonyl (C=O) groups excluding carboxylic acids is 4. The van der Waals surface area contributed by atoms with E-state index in [1.807, 2.05) is 30.3 Å².